The van der Waals surface area contributed by atoms with Crippen molar-refractivity contribution in [1.82, 2.24) is 0 Å². The van der Waals surface area contributed by atoms with Crippen LogP contribution in [0.15, 0.2) is 4.99 Å². The Morgan fingerprint density at radius 1 is 0.633 bits per heavy atom. The number of hydrogen-bond acceptors (Lipinski definition) is 1. The maximum atomic E-state index is 9.75. The molecule has 1 aliphatic heterocycles. The molecule has 0 amide bonds. The Morgan fingerprint density at radius 2 is 0.933 bits per heavy atom. The highest BCUT2D eigenvalue weighted by molar-refractivity contribution is 6.50. The molecule has 2 nitrogen and oxygen atoms in total. The first-order valence-electron chi connectivity index (χ1n) is 12.4. The van der Waals surface area contributed by atoms with Crippen LogP contribution in [-0.2, 0) is 0 Å². The second-order valence-corrected chi connectivity index (χ2v) is 12.4. The van der Waals surface area contributed by atoms with Gasteiger partial charge < -0.3 is 17.3 Å². The molecule has 0 atom stereocenters. The summed E-state index contributed by atoms with van der Waals surface area (Å²) < 4.78 is 40.4. The second-order valence-electron chi connectivity index (χ2n) is 12.4. The summed E-state index contributed by atoms with van der Waals surface area (Å²) in [5.41, 5.74) is 1.22. The van der Waals surface area contributed by atoms with Gasteiger partial charge in [0.2, 0.25) is 0 Å². The fourth-order valence-electron chi connectivity index (χ4n) is 10.8. The van der Waals surface area contributed by atoms with E-state index in [-0.39, 0.29) is 0 Å². The fourth-order valence-corrected chi connectivity index (χ4v) is 10.8. The third kappa shape index (κ3) is 2.96. The predicted molar refractivity (Wildman–Crippen MR) is 110 cm³/mol. The normalized spacial score (nSPS) is 55.1. The van der Waals surface area contributed by atoms with Gasteiger partial charge in [0, 0.05) is 38.5 Å². The summed E-state index contributed by atoms with van der Waals surface area (Å²) in [4.78, 5) is 5.00. The van der Waals surface area contributed by atoms with Crippen molar-refractivity contribution in [3.05, 3.63) is 0 Å². The Kier molecular flexibility index (Phi) is 4.33. The second kappa shape index (κ2) is 6.48. The van der Waals surface area contributed by atoms with Gasteiger partial charge in [-0.2, -0.15) is 0 Å². The van der Waals surface area contributed by atoms with E-state index in [2.05, 4.69) is 6.34 Å². The van der Waals surface area contributed by atoms with Crippen LogP contribution in [0.2, 0.25) is 0 Å². The van der Waals surface area contributed by atoms with Gasteiger partial charge in [0.05, 0.1) is 6.54 Å². The summed E-state index contributed by atoms with van der Waals surface area (Å²) >= 11 is 0. The number of nitrogens with zero attached hydrogens (tertiary/aromatic N) is 2. The highest BCUT2D eigenvalue weighted by Crippen LogP contribution is 2.67. The van der Waals surface area contributed by atoms with Gasteiger partial charge in [-0.3, -0.25) is 4.48 Å². The number of quaternary nitrogens is 1. The van der Waals surface area contributed by atoms with Gasteiger partial charge in [0.1, 0.15) is 17.6 Å². The zero-order valence-corrected chi connectivity index (χ0v) is 17.9. The van der Waals surface area contributed by atoms with Crippen LogP contribution >= 0.6 is 0 Å². The SMILES string of the molecule is C1=NCC[N+]1(C12CC3CC(CC(C3)C1)C2)C12CC3CC(CC(C3)C1)C2.F[B-](F)(F)F. The summed E-state index contributed by atoms with van der Waals surface area (Å²) in [5, 5.41) is 0. The molecule has 30 heavy (non-hydrogen) atoms. The molecule has 0 N–H and O–H groups in total. The Bertz CT molecular complexity index is 613. The molecule has 0 radical (unpaired) electrons. The molecule has 0 spiro atoms. The Hall–Kier alpha value is -0.585. The van der Waals surface area contributed by atoms with Crippen LogP contribution < -0.4 is 0 Å². The highest BCUT2D eigenvalue weighted by Gasteiger charge is 2.71. The molecule has 8 saturated carbocycles. The van der Waals surface area contributed by atoms with Crippen LogP contribution in [-0.4, -0.2) is 42.2 Å². The van der Waals surface area contributed by atoms with E-state index in [1.165, 1.54) is 11.0 Å². The van der Waals surface area contributed by atoms with Gasteiger partial charge in [0.15, 0.2) is 6.34 Å². The number of halogens is 4. The minimum absolute atomic E-state index is 0.612. The number of aliphatic imine (C=N–C) groups is 1. The maximum absolute atomic E-state index is 9.75. The Morgan fingerprint density at radius 3 is 1.17 bits per heavy atom. The van der Waals surface area contributed by atoms with Crippen molar-refractivity contribution >= 4 is 13.6 Å². The van der Waals surface area contributed by atoms with Crippen molar-refractivity contribution in [2.24, 2.45) is 40.5 Å². The third-order valence-electron chi connectivity index (χ3n) is 10.6. The molecule has 9 aliphatic rings. The van der Waals surface area contributed by atoms with Crippen molar-refractivity contribution in [2.45, 2.75) is 88.1 Å². The lowest BCUT2D eigenvalue weighted by Crippen LogP contribution is -2.79. The molecule has 8 aliphatic carbocycles. The molecule has 0 saturated heterocycles. The van der Waals surface area contributed by atoms with E-state index < -0.39 is 7.25 Å². The summed E-state index contributed by atoms with van der Waals surface area (Å²) in [6.45, 7) is 2.50. The van der Waals surface area contributed by atoms with Crippen LogP contribution in [0, 0.1) is 35.5 Å². The molecule has 8 bridgehead atoms. The van der Waals surface area contributed by atoms with Crippen molar-refractivity contribution < 1.29 is 21.7 Å². The molecule has 9 rings (SSSR count). The standard InChI is InChI=1S/C23H35N2.BF4/c1-2-25(15-24-1,22-9-16-3-17(10-22)5-18(4-16)11-22)23-12-19-6-20(13-23)8-21(7-19)14-23;2-1(3,4)5/h15-21H,1-14H2;/q+1;-1. The Labute approximate surface area is 177 Å². The highest BCUT2D eigenvalue weighted by atomic mass is 19.5. The average Bonchev–Trinajstić information content (AvgIpc) is 3.10. The molecule has 0 aromatic heterocycles. The van der Waals surface area contributed by atoms with Gasteiger partial charge in [-0.25, -0.2) is 4.99 Å². The van der Waals surface area contributed by atoms with Crippen LogP contribution in [0.1, 0.15) is 77.0 Å². The Balaban J connectivity index is 0.000000318. The number of hydrogen-bond donors (Lipinski definition) is 0. The van der Waals surface area contributed by atoms with Gasteiger partial charge in [-0.15, -0.1) is 0 Å². The van der Waals surface area contributed by atoms with Gasteiger partial charge in [0.25, 0.3) is 0 Å². The first kappa shape index (κ1) is 20.1. The molecule has 168 valence electrons. The van der Waals surface area contributed by atoms with Crippen molar-refractivity contribution in [3.8, 4) is 0 Å². The fraction of sp³-hybridized carbons (Fsp3) is 0.957. The van der Waals surface area contributed by atoms with Crippen LogP contribution in [0.5, 0.6) is 0 Å². The van der Waals surface area contributed by atoms with Crippen LogP contribution in [0.3, 0.4) is 0 Å². The van der Waals surface area contributed by atoms with E-state index >= 15 is 0 Å². The summed E-state index contributed by atoms with van der Waals surface area (Å²) in [6, 6.07) is 0. The summed E-state index contributed by atoms with van der Waals surface area (Å²) in [5.74, 6) is 6.44. The van der Waals surface area contributed by atoms with Crippen molar-refractivity contribution in [3.63, 3.8) is 0 Å². The zero-order valence-electron chi connectivity index (χ0n) is 17.9. The third-order valence-corrected chi connectivity index (χ3v) is 10.6. The van der Waals surface area contributed by atoms with Gasteiger partial charge >= 0.3 is 7.25 Å². The first-order valence-corrected chi connectivity index (χ1v) is 12.4. The minimum atomic E-state index is -6.00. The van der Waals surface area contributed by atoms with E-state index in [1.54, 1.807) is 77.0 Å². The van der Waals surface area contributed by atoms with E-state index in [4.69, 9.17) is 4.99 Å². The lowest BCUT2D eigenvalue weighted by atomic mass is 9.47. The lowest BCUT2D eigenvalue weighted by molar-refractivity contribution is -0.945. The average molecular weight is 426 g/mol. The van der Waals surface area contributed by atoms with Gasteiger partial charge in [-0.1, -0.05) is 0 Å². The monoisotopic (exact) mass is 426 g/mol. The molecule has 7 heteroatoms. The quantitative estimate of drug-likeness (QED) is 0.288. The largest absolute Gasteiger partial charge is 0.673 e. The molecule has 0 unspecified atom stereocenters. The molecular weight excluding hydrogens is 391 g/mol. The first-order chi connectivity index (χ1) is 14.2. The predicted octanol–water partition coefficient (Wildman–Crippen LogP) is 6.08. The summed E-state index contributed by atoms with van der Waals surface area (Å²) in [7, 11) is -6.00. The van der Waals surface area contributed by atoms with E-state index in [9.17, 15) is 17.3 Å². The van der Waals surface area contributed by atoms with Crippen LogP contribution in [0.25, 0.3) is 0 Å². The van der Waals surface area contributed by atoms with E-state index in [1.807, 2.05) is 0 Å². The molecular formula is C23H35BF4N2. The van der Waals surface area contributed by atoms with E-state index in [0.29, 0.717) is 11.1 Å². The zero-order chi connectivity index (χ0) is 20.8. The summed E-state index contributed by atoms with van der Waals surface area (Å²) in [6.07, 6.45) is 21.4. The molecule has 0 aromatic carbocycles. The van der Waals surface area contributed by atoms with Crippen molar-refractivity contribution in [2.75, 3.05) is 13.1 Å². The molecule has 8 fully saturated rings. The molecule has 0 aromatic rings. The van der Waals surface area contributed by atoms with Crippen molar-refractivity contribution in [1.29, 1.82) is 0 Å². The number of rotatable bonds is 2. The minimum Gasteiger partial charge on any atom is -0.418 e. The topological polar surface area (TPSA) is 12.4 Å². The lowest BCUT2D eigenvalue weighted by Gasteiger charge is -2.70. The smallest absolute Gasteiger partial charge is 0.418 e. The van der Waals surface area contributed by atoms with Gasteiger partial charge in [-0.05, 0) is 74.0 Å². The van der Waals surface area contributed by atoms with E-state index in [0.717, 1.165) is 42.1 Å². The van der Waals surface area contributed by atoms with Crippen LogP contribution in [0.4, 0.5) is 17.3 Å². The molecule has 1 heterocycles. The maximum Gasteiger partial charge on any atom is 0.673 e.